The highest BCUT2D eigenvalue weighted by molar-refractivity contribution is 6.35. The molecular weight excluding hydrogens is 273 g/mol. The summed E-state index contributed by atoms with van der Waals surface area (Å²) in [4.78, 5) is 0. The Bertz CT molecular complexity index is 552. The SMILES string of the molecule is C=CCn1nnnc1NCc1ccc(Cl)cc1Cl. The summed E-state index contributed by atoms with van der Waals surface area (Å²) in [5, 5.41) is 15.6. The zero-order valence-electron chi connectivity index (χ0n) is 9.48. The number of nitrogens with zero attached hydrogens (tertiary/aromatic N) is 4. The molecule has 0 radical (unpaired) electrons. The maximum Gasteiger partial charge on any atom is 0.243 e. The Morgan fingerprint density at radius 3 is 2.94 bits per heavy atom. The first-order chi connectivity index (χ1) is 8.70. The number of allylic oxidation sites excluding steroid dienone is 1. The van der Waals surface area contributed by atoms with Crippen LogP contribution >= 0.6 is 23.2 Å². The summed E-state index contributed by atoms with van der Waals surface area (Å²) in [6.07, 6.45) is 1.72. The minimum absolute atomic E-state index is 0.521. The van der Waals surface area contributed by atoms with Crippen LogP contribution in [0.5, 0.6) is 0 Å². The van der Waals surface area contributed by atoms with Crippen LogP contribution in [0.3, 0.4) is 0 Å². The molecule has 0 fully saturated rings. The van der Waals surface area contributed by atoms with Crippen molar-refractivity contribution in [3.63, 3.8) is 0 Å². The Kier molecular flexibility index (Phi) is 4.17. The highest BCUT2D eigenvalue weighted by atomic mass is 35.5. The van der Waals surface area contributed by atoms with Crippen LogP contribution in [0.1, 0.15) is 5.56 Å². The molecule has 0 unspecified atom stereocenters. The monoisotopic (exact) mass is 283 g/mol. The van der Waals surface area contributed by atoms with Crippen molar-refractivity contribution in [2.24, 2.45) is 0 Å². The molecule has 0 amide bonds. The number of anilines is 1. The molecule has 18 heavy (non-hydrogen) atoms. The zero-order valence-corrected chi connectivity index (χ0v) is 11.0. The van der Waals surface area contributed by atoms with Gasteiger partial charge in [0, 0.05) is 16.6 Å². The van der Waals surface area contributed by atoms with Crippen LogP contribution < -0.4 is 5.32 Å². The molecule has 5 nitrogen and oxygen atoms in total. The van der Waals surface area contributed by atoms with Gasteiger partial charge in [0.2, 0.25) is 5.95 Å². The lowest BCUT2D eigenvalue weighted by atomic mass is 10.2. The smallest absolute Gasteiger partial charge is 0.243 e. The fourth-order valence-corrected chi connectivity index (χ4v) is 1.89. The Morgan fingerprint density at radius 1 is 1.39 bits per heavy atom. The summed E-state index contributed by atoms with van der Waals surface area (Å²) >= 11 is 11.9. The molecule has 0 bridgehead atoms. The lowest BCUT2D eigenvalue weighted by Gasteiger charge is -2.07. The predicted octanol–water partition coefficient (Wildman–Crippen LogP) is 2.78. The van der Waals surface area contributed by atoms with Gasteiger partial charge in [-0.2, -0.15) is 0 Å². The summed E-state index contributed by atoms with van der Waals surface area (Å²) in [5.41, 5.74) is 0.925. The molecular formula is C11H11Cl2N5. The van der Waals surface area contributed by atoms with Gasteiger partial charge in [-0.1, -0.05) is 40.4 Å². The lowest BCUT2D eigenvalue weighted by molar-refractivity contribution is 0.663. The largest absolute Gasteiger partial charge is 0.349 e. The molecule has 0 spiro atoms. The van der Waals surface area contributed by atoms with E-state index in [-0.39, 0.29) is 0 Å². The van der Waals surface area contributed by atoms with Crippen LogP contribution in [-0.4, -0.2) is 20.2 Å². The second-order valence-corrected chi connectivity index (χ2v) is 4.41. The Balaban J connectivity index is 2.06. The van der Waals surface area contributed by atoms with E-state index in [1.54, 1.807) is 22.9 Å². The maximum atomic E-state index is 6.07. The number of benzene rings is 1. The standard InChI is InChI=1S/C11H11Cl2N5/c1-2-5-18-11(15-16-17-18)14-7-8-3-4-9(12)6-10(8)13/h2-4,6H,1,5,7H2,(H,14,15,17). The molecule has 2 aromatic rings. The molecule has 0 atom stereocenters. The fourth-order valence-electron chi connectivity index (χ4n) is 1.42. The van der Waals surface area contributed by atoms with Gasteiger partial charge >= 0.3 is 0 Å². The minimum Gasteiger partial charge on any atom is -0.349 e. The average Bonchev–Trinajstić information content (AvgIpc) is 2.76. The van der Waals surface area contributed by atoms with Crippen LogP contribution in [0.4, 0.5) is 5.95 Å². The van der Waals surface area contributed by atoms with Gasteiger partial charge in [-0.15, -0.1) is 6.58 Å². The van der Waals surface area contributed by atoms with Crippen LogP contribution in [-0.2, 0) is 13.1 Å². The summed E-state index contributed by atoms with van der Waals surface area (Å²) in [6.45, 7) is 4.71. The molecule has 2 rings (SSSR count). The molecule has 0 aliphatic carbocycles. The van der Waals surface area contributed by atoms with E-state index in [0.717, 1.165) is 5.56 Å². The Hall–Kier alpha value is -1.59. The summed E-state index contributed by atoms with van der Waals surface area (Å²) in [6, 6.07) is 5.35. The number of nitrogens with one attached hydrogen (secondary N) is 1. The second kappa shape index (κ2) is 5.84. The molecule has 1 aromatic carbocycles. The van der Waals surface area contributed by atoms with Crippen molar-refractivity contribution in [3.8, 4) is 0 Å². The van der Waals surface area contributed by atoms with Crippen molar-refractivity contribution in [2.75, 3.05) is 5.32 Å². The van der Waals surface area contributed by atoms with E-state index >= 15 is 0 Å². The van der Waals surface area contributed by atoms with Gasteiger partial charge in [0.25, 0.3) is 0 Å². The number of aromatic nitrogens is 4. The van der Waals surface area contributed by atoms with Crippen molar-refractivity contribution >= 4 is 29.2 Å². The Labute approximate surface area is 114 Å². The second-order valence-electron chi connectivity index (χ2n) is 3.56. The van der Waals surface area contributed by atoms with E-state index in [1.165, 1.54) is 0 Å². The van der Waals surface area contributed by atoms with Gasteiger partial charge in [0.15, 0.2) is 0 Å². The zero-order chi connectivity index (χ0) is 13.0. The maximum absolute atomic E-state index is 6.07. The third kappa shape index (κ3) is 3.00. The molecule has 0 saturated carbocycles. The number of hydrogen-bond donors (Lipinski definition) is 1. The third-order valence-corrected chi connectivity index (χ3v) is 2.87. The van der Waals surface area contributed by atoms with E-state index in [9.17, 15) is 0 Å². The van der Waals surface area contributed by atoms with E-state index < -0.39 is 0 Å². The molecule has 94 valence electrons. The van der Waals surface area contributed by atoms with Crippen molar-refractivity contribution in [1.29, 1.82) is 0 Å². The number of rotatable bonds is 5. The molecule has 1 heterocycles. The number of tetrazole rings is 1. The fraction of sp³-hybridized carbons (Fsp3) is 0.182. The van der Waals surface area contributed by atoms with Gasteiger partial charge in [0.05, 0.1) is 6.54 Å². The molecule has 1 N–H and O–H groups in total. The van der Waals surface area contributed by atoms with Crippen LogP contribution in [0.25, 0.3) is 0 Å². The summed E-state index contributed by atoms with van der Waals surface area (Å²) in [7, 11) is 0. The van der Waals surface area contributed by atoms with E-state index in [1.807, 2.05) is 6.07 Å². The first kappa shape index (κ1) is 12.9. The molecule has 0 aliphatic rings. The van der Waals surface area contributed by atoms with Crippen LogP contribution in [0.2, 0.25) is 10.0 Å². The first-order valence-corrected chi connectivity index (χ1v) is 6.01. The van der Waals surface area contributed by atoms with Gasteiger partial charge in [0.1, 0.15) is 0 Å². The van der Waals surface area contributed by atoms with E-state index in [0.29, 0.717) is 29.1 Å². The minimum atomic E-state index is 0.521. The number of halogens is 2. The van der Waals surface area contributed by atoms with Crippen LogP contribution in [0, 0.1) is 0 Å². The third-order valence-electron chi connectivity index (χ3n) is 2.29. The van der Waals surface area contributed by atoms with Gasteiger partial charge in [-0.05, 0) is 28.1 Å². The van der Waals surface area contributed by atoms with Crippen molar-refractivity contribution in [3.05, 3.63) is 46.5 Å². The number of hydrogen-bond acceptors (Lipinski definition) is 4. The van der Waals surface area contributed by atoms with Crippen molar-refractivity contribution in [2.45, 2.75) is 13.1 Å². The highest BCUT2D eigenvalue weighted by Crippen LogP contribution is 2.21. The van der Waals surface area contributed by atoms with Crippen molar-refractivity contribution in [1.82, 2.24) is 20.2 Å². The van der Waals surface area contributed by atoms with Crippen LogP contribution in [0.15, 0.2) is 30.9 Å². The van der Waals surface area contributed by atoms with Gasteiger partial charge < -0.3 is 5.32 Å². The average molecular weight is 284 g/mol. The predicted molar refractivity (Wildman–Crippen MR) is 71.8 cm³/mol. The van der Waals surface area contributed by atoms with Crippen molar-refractivity contribution < 1.29 is 0 Å². The highest BCUT2D eigenvalue weighted by Gasteiger charge is 2.06. The molecule has 0 saturated heterocycles. The summed E-state index contributed by atoms with van der Waals surface area (Å²) < 4.78 is 1.61. The summed E-state index contributed by atoms with van der Waals surface area (Å²) in [5.74, 6) is 0.570. The van der Waals surface area contributed by atoms with Gasteiger partial charge in [-0.3, -0.25) is 0 Å². The Morgan fingerprint density at radius 2 is 2.22 bits per heavy atom. The molecule has 1 aromatic heterocycles. The van der Waals surface area contributed by atoms with Gasteiger partial charge in [-0.25, -0.2) is 4.68 Å². The lowest BCUT2D eigenvalue weighted by Crippen LogP contribution is -2.08. The normalized spacial score (nSPS) is 10.3. The van der Waals surface area contributed by atoms with E-state index in [2.05, 4.69) is 27.4 Å². The first-order valence-electron chi connectivity index (χ1n) is 5.25. The quantitative estimate of drug-likeness (QED) is 0.858. The van der Waals surface area contributed by atoms with E-state index in [4.69, 9.17) is 23.2 Å². The molecule has 7 heteroatoms. The topological polar surface area (TPSA) is 55.6 Å². The molecule has 0 aliphatic heterocycles.